The summed E-state index contributed by atoms with van der Waals surface area (Å²) >= 11 is 0. The SMILES string of the molecule is CC(C)[C@@H](C)[C@@]1(C)C[C@@H]1[C@@H](C)C(C)C. The van der Waals surface area contributed by atoms with Gasteiger partial charge in [-0.05, 0) is 41.4 Å². The fraction of sp³-hybridized carbons (Fsp3) is 1.00. The van der Waals surface area contributed by atoms with Gasteiger partial charge in [0, 0.05) is 0 Å². The van der Waals surface area contributed by atoms with E-state index in [9.17, 15) is 0 Å². The van der Waals surface area contributed by atoms with Crippen molar-refractivity contribution in [1.29, 1.82) is 0 Å². The minimum Gasteiger partial charge on any atom is -0.0625 e. The molecule has 1 fully saturated rings. The van der Waals surface area contributed by atoms with Crippen LogP contribution in [0.1, 0.15) is 54.9 Å². The molecule has 1 aliphatic carbocycles. The first-order chi connectivity index (χ1) is 6.30. The molecular formula is C14H28. The van der Waals surface area contributed by atoms with Gasteiger partial charge in [0.2, 0.25) is 0 Å². The van der Waals surface area contributed by atoms with Gasteiger partial charge in [-0.1, -0.05) is 48.5 Å². The average molecular weight is 196 g/mol. The average Bonchev–Trinajstić information content (AvgIpc) is 2.76. The molecular weight excluding hydrogens is 168 g/mol. The van der Waals surface area contributed by atoms with Crippen LogP contribution in [0.25, 0.3) is 0 Å². The van der Waals surface area contributed by atoms with E-state index in [1.807, 2.05) is 0 Å². The maximum Gasteiger partial charge on any atom is -0.0264 e. The van der Waals surface area contributed by atoms with E-state index in [0.717, 1.165) is 29.6 Å². The van der Waals surface area contributed by atoms with Crippen LogP contribution in [0.2, 0.25) is 0 Å². The molecule has 0 aromatic rings. The molecule has 14 heavy (non-hydrogen) atoms. The first-order valence-corrected chi connectivity index (χ1v) is 6.30. The van der Waals surface area contributed by atoms with E-state index in [1.165, 1.54) is 6.42 Å². The van der Waals surface area contributed by atoms with Gasteiger partial charge in [-0.25, -0.2) is 0 Å². The van der Waals surface area contributed by atoms with Crippen molar-refractivity contribution in [2.24, 2.45) is 35.0 Å². The van der Waals surface area contributed by atoms with Gasteiger partial charge >= 0.3 is 0 Å². The molecule has 0 saturated heterocycles. The lowest BCUT2D eigenvalue weighted by Crippen LogP contribution is -2.21. The summed E-state index contributed by atoms with van der Waals surface area (Å²) in [7, 11) is 0. The molecule has 0 aliphatic heterocycles. The summed E-state index contributed by atoms with van der Waals surface area (Å²) in [5.41, 5.74) is 0.651. The minimum absolute atomic E-state index is 0.651. The topological polar surface area (TPSA) is 0 Å². The Bertz CT molecular complexity index is 192. The van der Waals surface area contributed by atoms with Gasteiger partial charge in [0.25, 0.3) is 0 Å². The smallest absolute Gasteiger partial charge is 0.0264 e. The molecule has 1 aliphatic rings. The maximum atomic E-state index is 2.50. The number of rotatable bonds is 4. The van der Waals surface area contributed by atoms with Gasteiger partial charge in [0.15, 0.2) is 0 Å². The molecule has 0 spiro atoms. The molecule has 0 nitrogen and oxygen atoms in total. The molecule has 4 atom stereocenters. The summed E-state index contributed by atoms with van der Waals surface area (Å²) in [6.45, 7) is 16.8. The van der Waals surface area contributed by atoms with Crippen LogP contribution in [0.5, 0.6) is 0 Å². The highest BCUT2D eigenvalue weighted by atomic mass is 14.6. The molecule has 1 saturated carbocycles. The van der Waals surface area contributed by atoms with Crippen molar-refractivity contribution in [2.45, 2.75) is 54.9 Å². The molecule has 1 rings (SSSR count). The molecule has 0 amide bonds. The van der Waals surface area contributed by atoms with Crippen LogP contribution in [0.3, 0.4) is 0 Å². The van der Waals surface area contributed by atoms with Gasteiger partial charge in [0.1, 0.15) is 0 Å². The quantitative estimate of drug-likeness (QED) is 0.616. The molecule has 0 unspecified atom stereocenters. The van der Waals surface area contributed by atoms with Crippen LogP contribution in [-0.4, -0.2) is 0 Å². The zero-order valence-corrected chi connectivity index (χ0v) is 11.1. The minimum atomic E-state index is 0.651. The summed E-state index contributed by atoms with van der Waals surface area (Å²) in [5, 5.41) is 0. The predicted molar refractivity (Wildman–Crippen MR) is 64.2 cm³/mol. The molecule has 0 aromatic heterocycles. The number of hydrogen-bond acceptors (Lipinski definition) is 0. The zero-order chi connectivity index (χ0) is 11.1. The number of hydrogen-bond donors (Lipinski definition) is 0. The van der Waals surface area contributed by atoms with Crippen molar-refractivity contribution in [1.82, 2.24) is 0 Å². The van der Waals surface area contributed by atoms with Gasteiger partial charge in [-0.3, -0.25) is 0 Å². The largest absolute Gasteiger partial charge is 0.0625 e. The Morgan fingerprint density at radius 1 is 0.929 bits per heavy atom. The summed E-state index contributed by atoms with van der Waals surface area (Å²) in [6, 6.07) is 0. The van der Waals surface area contributed by atoms with E-state index in [2.05, 4.69) is 48.5 Å². The third kappa shape index (κ3) is 1.99. The molecule has 0 N–H and O–H groups in total. The van der Waals surface area contributed by atoms with Crippen LogP contribution in [0.15, 0.2) is 0 Å². The highest BCUT2D eigenvalue weighted by molar-refractivity contribution is 5.04. The molecule has 84 valence electrons. The predicted octanol–water partition coefficient (Wildman–Crippen LogP) is 4.60. The third-order valence-corrected chi connectivity index (χ3v) is 5.07. The zero-order valence-electron chi connectivity index (χ0n) is 11.1. The second-order valence-electron chi connectivity index (χ2n) is 6.45. The summed E-state index contributed by atoms with van der Waals surface area (Å²) in [5.74, 6) is 4.46. The van der Waals surface area contributed by atoms with E-state index in [-0.39, 0.29) is 0 Å². The van der Waals surface area contributed by atoms with E-state index < -0.39 is 0 Å². The van der Waals surface area contributed by atoms with Crippen LogP contribution in [0, 0.1) is 35.0 Å². The summed E-state index contributed by atoms with van der Waals surface area (Å²) in [4.78, 5) is 0. The lowest BCUT2D eigenvalue weighted by molar-refractivity contribution is 0.214. The fourth-order valence-corrected chi connectivity index (χ4v) is 2.95. The van der Waals surface area contributed by atoms with Gasteiger partial charge in [-0.15, -0.1) is 0 Å². The van der Waals surface area contributed by atoms with E-state index in [0.29, 0.717) is 5.41 Å². The van der Waals surface area contributed by atoms with Crippen molar-refractivity contribution < 1.29 is 0 Å². The second-order valence-corrected chi connectivity index (χ2v) is 6.45. The van der Waals surface area contributed by atoms with Crippen LogP contribution < -0.4 is 0 Å². The van der Waals surface area contributed by atoms with E-state index in [1.54, 1.807) is 0 Å². The van der Waals surface area contributed by atoms with Gasteiger partial charge in [0.05, 0.1) is 0 Å². The first kappa shape index (κ1) is 12.1. The monoisotopic (exact) mass is 196 g/mol. The van der Waals surface area contributed by atoms with Crippen molar-refractivity contribution in [2.75, 3.05) is 0 Å². The van der Waals surface area contributed by atoms with Crippen LogP contribution >= 0.6 is 0 Å². The Balaban J connectivity index is 2.58. The third-order valence-electron chi connectivity index (χ3n) is 5.07. The Labute approximate surface area is 90.5 Å². The molecule has 0 radical (unpaired) electrons. The van der Waals surface area contributed by atoms with E-state index in [4.69, 9.17) is 0 Å². The summed E-state index contributed by atoms with van der Waals surface area (Å²) < 4.78 is 0. The van der Waals surface area contributed by atoms with Gasteiger partial charge < -0.3 is 0 Å². The Kier molecular flexibility index (Phi) is 3.33. The van der Waals surface area contributed by atoms with Crippen LogP contribution in [-0.2, 0) is 0 Å². The maximum absolute atomic E-state index is 2.50. The Hall–Kier alpha value is 0. The Morgan fingerprint density at radius 3 is 1.79 bits per heavy atom. The van der Waals surface area contributed by atoms with E-state index >= 15 is 0 Å². The van der Waals surface area contributed by atoms with Crippen molar-refractivity contribution in [3.05, 3.63) is 0 Å². The fourth-order valence-electron chi connectivity index (χ4n) is 2.95. The standard InChI is InChI=1S/C14H28/c1-9(2)11(5)13-8-14(13,7)12(6)10(3)4/h9-13H,8H2,1-7H3/t11-,12+,13+,14+/m0/s1. The molecule has 0 aromatic carbocycles. The second kappa shape index (κ2) is 3.87. The molecule has 0 heterocycles. The highest BCUT2D eigenvalue weighted by Crippen LogP contribution is 2.63. The summed E-state index contributed by atoms with van der Waals surface area (Å²) in [6.07, 6.45) is 1.46. The molecule has 0 bridgehead atoms. The lowest BCUT2D eigenvalue weighted by atomic mass is 9.78. The van der Waals surface area contributed by atoms with Crippen LogP contribution in [0.4, 0.5) is 0 Å². The van der Waals surface area contributed by atoms with Crippen molar-refractivity contribution >= 4 is 0 Å². The highest BCUT2D eigenvalue weighted by Gasteiger charge is 2.56. The van der Waals surface area contributed by atoms with Crippen molar-refractivity contribution in [3.8, 4) is 0 Å². The normalized spacial score (nSPS) is 36.2. The first-order valence-electron chi connectivity index (χ1n) is 6.30. The van der Waals surface area contributed by atoms with Crippen molar-refractivity contribution in [3.63, 3.8) is 0 Å². The van der Waals surface area contributed by atoms with Gasteiger partial charge in [-0.2, -0.15) is 0 Å². The lowest BCUT2D eigenvalue weighted by Gasteiger charge is -2.27. The molecule has 0 heteroatoms. The Morgan fingerprint density at radius 2 is 1.43 bits per heavy atom.